The summed E-state index contributed by atoms with van der Waals surface area (Å²) in [5.74, 6) is -0.694. The standard InChI is InChI=1S/C25H28N4O4S/c1-27-13-15-28(16-14-27)19-23-9-8-22(21-5-3-2-4-6-21)17-24(23)34(32,33)29-12-11-20(18-29)7-10-25(30)26-31/h2-12,17-18,31H,13-16,19H2,1H3,(H,26,30). The van der Waals surface area contributed by atoms with Gasteiger partial charge in [0.15, 0.2) is 0 Å². The van der Waals surface area contributed by atoms with Crippen LogP contribution in [0.5, 0.6) is 0 Å². The maximum atomic E-state index is 13.7. The average Bonchev–Trinajstić information content (AvgIpc) is 3.35. The number of carbonyl (C=O) groups excluding carboxylic acids is 1. The maximum Gasteiger partial charge on any atom is 0.267 e. The summed E-state index contributed by atoms with van der Waals surface area (Å²) in [6.07, 6.45) is 5.47. The zero-order chi connectivity index (χ0) is 24.1. The minimum atomic E-state index is -3.89. The molecule has 1 aliphatic rings. The van der Waals surface area contributed by atoms with Gasteiger partial charge < -0.3 is 4.90 Å². The quantitative estimate of drug-likeness (QED) is 0.307. The van der Waals surface area contributed by atoms with E-state index < -0.39 is 15.9 Å². The van der Waals surface area contributed by atoms with Crippen LogP contribution >= 0.6 is 0 Å². The lowest BCUT2D eigenvalue weighted by Crippen LogP contribution is -2.44. The number of carbonyl (C=O) groups is 1. The summed E-state index contributed by atoms with van der Waals surface area (Å²) in [6, 6.07) is 16.9. The third-order valence-electron chi connectivity index (χ3n) is 5.95. The Morgan fingerprint density at radius 1 is 1.03 bits per heavy atom. The minimum absolute atomic E-state index is 0.256. The van der Waals surface area contributed by atoms with E-state index in [-0.39, 0.29) is 4.90 Å². The lowest BCUT2D eigenvalue weighted by molar-refractivity contribution is -0.124. The number of benzene rings is 2. The van der Waals surface area contributed by atoms with Gasteiger partial charge in [0.25, 0.3) is 15.9 Å². The molecule has 9 heteroatoms. The Bertz CT molecular complexity index is 1280. The van der Waals surface area contributed by atoms with E-state index in [4.69, 9.17) is 5.21 Å². The molecule has 1 aliphatic heterocycles. The van der Waals surface area contributed by atoms with Crippen LogP contribution in [0.25, 0.3) is 17.2 Å². The maximum absolute atomic E-state index is 13.7. The number of hydrogen-bond donors (Lipinski definition) is 2. The second-order valence-corrected chi connectivity index (χ2v) is 10.2. The van der Waals surface area contributed by atoms with Gasteiger partial charge in [-0.3, -0.25) is 14.9 Å². The summed E-state index contributed by atoms with van der Waals surface area (Å²) in [5.41, 5.74) is 4.54. The topological polar surface area (TPSA) is 94.9 Å². The summed E-state index contributed by atoms with van der Waals surface area (Å²) in [4.78, 5) is 16.0. The second-order valence-electron chi connectivity index (χ2n) is 8.36. The van der Waals surface area contributed by atoms with Crippen LogP contribution in [0.2, 0.25) is 0 Å². The van der Waals surface area contributed by atoms with Crippen molar-refractivity contribution in [3.8, 4) is 11.1 Å². The summed E-state index contributed by atoms with van der Waals surface area (Å²) in [5, 5.41) is 8.64. The lowest BCUT2D eigenvalue weighted by atomic mass is 10.0. The Kier molecular flexibility index (Phi) is 7.28. The average molecular weight is 481 g/mol. The third-order valence-corrected chi connectivity index (χ3v) is 7.67. The zero-order valence-corrected chi connectivity index (χ0v) is 19.8. The molecular weight excluding hydrogens is 452 g/mol. The number of nitrogens with one attached hydrogen (secondary N) is 1. The van der Waals surface area contributed by atoms with E-state index in [1.54, 1.807) is 12.1 Å². The molecule has 2 aromatic carbocycles. The number of likely N-dealkylation sites (N-methyl/N-ethyl adjacent to an activating group) is 1. The van der Waals surface area contributed by atoms with Gasteiger partial charge in [-0.2, -0.15) is 0 Å². The molecule has 3 aromatic rings. The molecule has 8 nitrogen and oxygen atoms in total. The highest BCUT2D eigenvalue weighted by Gasteiger charge is 2.24. The highest BCUT2D eigenvalue weighted by atomic mass is 32.2. The van der Waals surface area contributed by atoms with E-state index in [1.807, 2.05) is 42.5 Å². The number of amides is 1. The molecule has 178 valence electrons. The van der Waals surface area contributed by atoms with Crippen molar-refractivity contribution in [2.24, 2.45) is 0 Å². The number of piperazine rings is 1. The van der Waals surface area contributed by atoms with Gasteiger partial charge in [0, 0.05) is 51.2 Å². The van der Waals surface area contributed by atoms with Gasteiger partial charge in [-0.25, -0.2) is 17.9 Å². The van der Waals surface area contributed by atoms with Gasteiger partial charge >= 0.3 is 0 Å². The van der Waals surface area contributed by atoms with Crippen molar-refractivity contribution in [2.45, 2.75) is 11.4 Å². The van der Waals surface area contributed by atoms with Gasteiger partial charge in [0.2, 0.25) is 0 Å². The van der Waals surface area contributed by atoms with E-state index in [2.05, 4.69) is 16.8 Å². The van der Waals surface area contributed by atoms with Crippen LogP contribution in [-0.4, -0.2) is 66.5 Å². The van der Waals surface area contributed by atoms with Crippen LogP contribution < -0.4 is 5.48 Å². The van der Waals surface area contributed by atoms with E-state index >= 15 is 0 Å². The predicted molar refractivity (Wildman–Crippen MR) is 131 cm³/mol. The molecule has 0 bridgehead atoms. The highest BCUT2D eigenvalue weighted by molar-refractivity contribution is 7.90. The SMILES string of the molecule is CN1CCN(Cc2ccc(-c3ccccc3)cc2S(=O)(=O)n2ccc(C=CC(=O)NO)c2)CC1. The molecule has 0 spiro atoms. The molecule has 1 saturated heterocycles. The highest BCUT2D eigenvalue weighted by Crippen LogP contribution is 2.28. The van der Waals surface area contributed by atoms with Crippen molar-refractivity contribution in [1.82, 2.24) is 19.3 Å². The fraction of sp³-hybridized carbons (Fsp3) is 0.240. The molecule has 0 saturated carbocycles. The van der Waals surface area contributed by atoms with Crippen molar-refractivity contribution >= 4 is 22.0 Å². The van der Waals surface area contributed by atoms with Crippen LogP contribution in [0.1, 0.15) is 11.1 Å². The van der Waals surface area contributed by atoms with Crippen LogP contribution in [0.4, 0.5) is 0 Å². The Balaban J connectivity index is 1.71. The monoisotopic (exact) mass is 480 g/mol. The van der Waals surface area contributed by atoms with Gasteiger partial charge in [0.1, 0.15) is 0 Å². The largest absolute Gasteiger partial charge is 0.304 e. The summed E-state index contributed by atoms with van der Waals surface area (Å²) in [7, 11) is -1.80. The van der Waals surface area contributed by atoms with Crippen molar-refractivity contribution in [3.05, 3.63) is 84.2 Å². The summed E-state index contributed by atoms with van der Waals surface area (Å²) < 4.78 is 28.6. The first kappa shape index (κ1) is 23.9. The van der Waals surface area contributed by atoms with Gasteiger partial charge in [0.05, 0.1) is 4.90 Å². The van der Waals surface area contributed by atoms with Crippen molar-refractivity contribution < 1.29 is 18.4 Å². The molecule has 34 heavy (non-hydrogen) atoms. The molecule has 1 aromatic heterocycles. The molecule has 0 aliphatic carbocycles. The smallest absolute Gasteiger partial charge is 0.267 e. The number of nitrogens with zero attached hydrogens (tertiary/aromatic N) is 3. The molecule has 2 heterocycles. The van der Waals surface area contributed by atoms with Crippen LogP contribution in [0, 0.1) is 0 Å². The van der Waals surface area contributed by atoms with Gasteiger partial charge in [-0.1, -0.05) is 42.5 Å². The van der Waals surface area contributed by atoms with Crippen LogP contribution in [0.15, 0.2) is 78.0 Å². The number of rotatable bonds is 7. The summed E-state index contributed by atoms with van der Waals surface area (Å²) in [6.45, 7) is 4.18. The molecule has 0 unspecified atom stereocenters. The van der Waals surface area contributed by atoms with E-state index in [0.717, 1.165) is 48.9 Å². The van der Waals surface area contributed by atoms with E-state index in [0.29, 0.717) is 12.1 Å². The molecular formula is C25H28N4O4S. The first-order chi connectivity index (χ1) is 16.4. The van der Waals surface area contributed by atoms with Crippen molar-refractivity contribution in [2.75, 3.05) is 33.2 Å². The predicted octanol–water partition coefficient (Wildman–Crippen LogP) is 2.66. The van der Waals surface area contributed by atoms with Gasteiger partial charge in [-0.15, -0.1) is 0 Å². The number of hydrogen-bond acceptors (Lipinski definition) is 6. The second kappa shape index (κ2) is 10.4. The van der Waals surface area contributed by atoms with Crippen LogP contribution in [0.3, 0.4) is 0 Å². The zero-order valence-electron chi connectivity index (χ0n) is 19.0. The fourth-order valence-electron chi connectivity index (χ4n) is 3.95. The van der Waals surface area contributed by atoms with Crippen molar-refractivity contribution in [1.29, 1.82) is 0 Å². The summed E-state index contributed by atoms with van der Waals surface area (Å²) >= 11 is 0. The Morgan fingerprint density at radius 3 is 2.47 bits per heavy atom. The first-order valence-electron chi connectivity index (χ1n) is 11.0. The van der Waals surface area contributed by atoms with Gasteiger partial charge in [-0.05, 0) is 47.5 Å². The molecule has 0 radical (unpaired) electrons. The Labute approximate surface area is 199 Å². The Morgan fingerprint density at radius 2 is 1.76 bits per heavy atom. The molecule has 4 rings (SSSR count). The molecule has 2 N–H and O–H groups in total. The Hall–Kier alpha value is -3.24. The number of hydroxylamine groups is 1. The molecule has 1 amide bonds. The molecule has 1 fully saturated rings. The lowest BCUT2D eigenvalue weighted by Gasteiger charge is -2.32. The third kappa shape index (κ3) is 5.45. The normalized spacial score (nSPS) is 15.6. The molecule has 0 atom stereocenters. The van der Waals surface area contributed by atoms with E-state index in [1.165, 1.54) is 27.9 Å². The minimum Gasteiger partial charge on any atom is -0.304 e. The number of aromatic nitrogens is 1. The first-order valence-corrected chi connectivity index (χ1v) is 12.5. The van der Waals surface area contributed by atoms with Crippen LogP contribution in [-0.2, 0) is 21.4 Å². The van der Waals surface area contributed by atoms with E-state index in [9.17, 15) is 13.2 Å². The fourth-order valence-corrected chi connectivity index (χ4v) is 5.39. The van der Waals surface area contributed by atoms with Crippen molar-refractivity contribution in [3.63, 3.8) is 0 Å².